The molecule has 3 N–H and O–H groups in total. The molecule has 0 bridgehead atoms. The normalized spacial score (nSPS) is 11.6. The van der Waals surface area contributed by atoms with Crippen LogP contribution in [0, 0.1) is 0 Å². The number of sulfonamides is 1. The first kappa shape index (κ1) is 17.6. The van der Waals surface area contributed by atoms with Crippen LogP contribution < -0.4 is 10.2 Å². The minimum Gasteiger partial charge on any atom is -0.288 e. The molecule has 0 aliphatic rings. The van der Waals surface area contributed by atoms with Gasteiger partial charge >= 0.3 is 0 Å². The Kier molecular flexibility index (Phi) is 4.97. The summed E-state index contributed by atoms with van der Waals surface area (Å²) in [7, 11) is -3.81. The van der Waals surface area contributed by atoms with E-state index in [1.165, 1.54) is 17.6 Å². The first-order chi connectivity index (χ1) is 12.5. The van der Waals surface area contributed by atoms with E-state index in [1.54, 1.807) is 54.7 Å². The van der Waals surface area contributed by atoms with Crippen LogP contribution in [0.4, 0.5) is 5.69 Å². The lowest BCUT2D eigenvalue weighted by Crippen LogP contribution is -2.14. The van der Waals surface area contributed by atoms with Gasteiger partial charge in [-0.3, -0.25) is 19.7 Å². The SMILES string of the molecule is O=C(/C=C/c1ccc(NS(=O)(=O)c2cccc3cccnc23)cc1)NO. The molecule has 26 heavy (non-hydrogen) atoms. The van der Waals surface area contributed by atoms with Gasteiger partial charge in [-0.2, -0.15) is 0 Å². The van der Waals surface area contributed by atoms with Crippen LogP contribution in [0.1, 0.15) is 5.56 Å². The van der Waals surface area contributed by atoms with E-state index in [-0.39, 0.29) is 4.90 Å². The van der Waals surface area contributed by atoms with Gasteiger partial charge in [0.25, 0.3) is 15.9 Å². The minimum atomic E-state index is -3.81. The lowest BCUT2D eigenvalue weighted by atomic mass is 10.2. The summed E-state index contributed by atoms with van der Waals surface area (Å²) in [5.41, 5.74) is 2.93. The predicted octanol–water partition coefficient (Wildman–Crippen LogP) is 2.55. The Bertz CT molecular complexity index is 1070. The molecule has 0 saturated carbocycles. The highest BCUT2D eigenvalue weighted by Gasteiger charge is 2.18. The number of para-hydroxylation sites is 1. The van der Waals surface area contributed by atoms with Gasteiger partial charge in [-0.1, -0.05) is 30.3 Å². The van der Waals surface area contributed by atoms with Crippen molar-refractivity contribution in [1.82, 2.24) is 10.5 Å². The second-order valence-corrected chi connectivity index (χ2v) is 7.02. The van der Waals surface area contributed by atoms with Gasteiger partial charge in [0.2, 0.25) is 0 Å². The molecular formula is C18H15N3O4S. The van der Waals surface area contributed by atoms with Crippen molar-refractivity contribution in [3.05, 3.63) is 72.4 Å². The number of nitrogens with zero attached hydrogens (tertiary/aromatic N) is 1. The first-order valence-corrected chi connectivity index (χ1v) is 9.07. The molecule has 0 saturated heterocycles. The van der Waals surface area contributed by atoms with Crippen LogP contribution in [0.3, 0.4) is 0 Å². The molecule has 0 aliphatic carbocycles. The molecule has 8 heteroatoms. The number of fused-ring (bicyclic) bond motifs is 1. The van der Waals surface area contributed by atoms with Crippen LogP contribution in [-0.4, -0.2) is 24.5 Å². The average Bonchev–Trinajstić information content (AvgIpc) is 2.66. The highest BCUT2D eigenvalue weighted by atomic mass is 32.2. The van der Waals surface area contributed by atoms with E-state index in [0.29, 0.717) is 16.8 Å². The van der Waals surface area contributed by atoms with Crippen molar-refractivity contribution in [3.63, 3.8) is 0 Å². The summed E-state index contributed by atoms with van der Waals surface area (Å²) in [6.07, 6.45) is 4.18. The van der Waals surface area contributed by atoms with Crippen molar-refractivity contribution in [2.24, 2.45) is 0 Å². The molecule has 1 heterocycles. The van der Waals surface area contributed by atoms with Crippen molar-refractivity contribution >= 4 is 38.6 Å². The molecule has 0 atom stereocenters. The second-order valence-electron chi connectivity index (χ2n) is 5.37. The maximum absolute atomic E-state index is 12.7. The fourth-order valence-corrected chi connectivity index (χ4v) is 3.61. The van der Waals surface area contributed by atoms with Crippen LogP contribution >= 0.6 is 0 Å². The monoisotopic (exact) mass is 369 g/mol. The molecule has 3 aromatic rings. The Hall–Kier alpha value is -3.23. The van der Waals surface area contributed by atoms with Crippen molar-refractivity contribution in [2.45, 2.75) is 4.90 Å². The molecule has 0 unspecified atom stereocenters. The zero-order valence-corrected chi connectivity index (χ0v) is 14.3. The van der Waals surface area contributed by atoms with E-state index >= 15 is 0 Å². The first-order valence-electron chi connectivity index (χ1n) is 7.58. The number of hydroxylamine groups is 1. The van der Waals surface area contributed by atoms with Gasteiger partial charge in [0, 0.05) is 23.3 Å². The Morgan fingerprint density at radius 2 is 1.77 bits per heavy atom. The molecule has 7 nitrogen and oxygen atoms in total. The van der Waals surface area contributed by atoms with Gasteiger partial charge < -0.3 is 0 Å². The molecular weight excluding hydrogens is 354 g/mol. The third kappa shape index (κ3) is 3.88. The number of hydrogen-bond acceptors (Lipinski definition) is 5. The van der Waals surface area contributed by atoms with Crippen LogP contribution in [-0.2, 0) is 14.8 Å². The topological polar surface area (TPSA) is 108 Å². The fraction of sp³-hybridized carbons (Fsp3) is 0. The summed E-state index contributed by atoms with van der Waals surface area (Å²) in [6, 6.07) is 14.9. The summed E-state index contributed by atoms with van der Waals surface area (Å²) in [6.45, 7) is 0. The van der Waals surface area contributed by atoms with Crippen LogP contribution in [0.2, 0.25) is 0 Å². The lowest BCUT2D eigenvalue weighted by Gasteiger charge is -2.10. The van der Waals surface area contributed by atoms with Crippen molar-refractivity contribution in [1.29, 1.82) is 0 Å². The highest BCUT2D eigenvalue weighted by Crippen LogP contribution is 2.23. The van der Waals surface area contributed by atoms with E-state index < -0.39 is 15.9 Å². The van der Waals surface area contributed by atoms with Crippen LogP contribution in [0.5, 0.6) is 0 Å². The van der Waals surface area contributed by atoms with Crippen molar-refractivity contribution in [3.8, 4) is 0 Å². The fourth-order valence-electron chi connectivity index (χ4n) is 2.37. The summed E-state index contributed by atoms with van der Waals surface area (Å²) >= 11 is 0. The number of benzene rings is 2. The molecule has 0 fully saturated rings. The zero-order valence-electron chi connectivity index (χ0n) is 13.5. The molecule has 2 aromatic carbocycles. The maximum Gasteiger partial charge on any atom is 0.267 e. The molecule has 0 spiro atoms. The molecule has 3 rings (SSSR count). The quantitative estimate of drug-likeness (QED) is 0.364. The van der Waals surface area contributed by atoms with E-state index in [2.05, 4.69) is 9.71 Å². The van der Waals surface area contributed by atoms with E-state index in [0.717, 1.165) is 11.5 Å². The summed E-state index contributed by atoms with van der Waals surface area (Å²) in [5.74, 6) is -0.654. The van der Waals surface area contributed by atoms with Gasteiger partial charge in [-0.15, -0.1) is 0 Å². The van der Waals surface area contributed by atoms with Gasteiger partial charge in [0.05, 0.1) is 5.52 Å². The summed E-state index contributed by atoms with van der Waals surface area (Å²) in [5, 5.41) is 9.17. The minimum absolute atomic E-state index is 0.0965. The Labute approximate surface area is 150 Å². The summed E-state index contributed by atoms with van der Waals surface area (Å²) < 4.78 is 27.9. The lowest BCUT2D eigenvalue weighted by molar-refractivity contribution is -0.124. The Balaban J connectivity index is 1.85. The number of hydrogen-bond donors (Lipinski definition) is 3. The number of anilines is 1. The molecule has 0 aliphatic heterocycles. The molecule has 132 valence electrons. The maximum atomic E-state index is 12.7. The highest BCUT2D eigenvalue weighted by molar-refractivity contribution is 7.93. The third-order valence-electron chi connectivity index (χ3n) is 3.59. The zero-order chi connectivity index (χ0) is 18.6. The molecule has 0 radical (unpaired) electrons. The number of nitrogens with one attached hydrogen (secondary N) is 2. The molecule has 1 aromatic heterocycles. The van der Waals surface area contributed by atoms with Crippen LogP contribution in [0.25, 0.3) is 17.0 Å². The number of pyridine rings is 1. The summed E-state index contributed by atoms with van der Waals surface area (Å²) in [4.78, 5) is 15.2. The predicted molar refractivity (Wildman–Crippen MR) is 98.0 cm³/mol. The smallest absolute Gasteiger partial charge is 0.267 e. The standard InChI is InChI=1S/C18H15N3O4S/c22-17(20-23)11-8-13-6-9-15(10-7-13)21-26(24,25)16-5-1-3-14-4-2-12-19-18(14)16/h1-12,21,23H,(H,20,22)/b11-8+. The van der Waals surface area contributed by atoms with E-state index in [1.807, 2.05) is 0 Å². The van der Waals surface area contributed by atoms with Gasteiger partial charge in [-0.05, 0) is 35.9 Å². The van der Waals surface area contributed by atoms with Crippen LogP contribution in [0.15, 0.2) is 71.8 Å². The number of rotatable bonds is 5. The average molecular weight is 369 g/mol. The number of amides is 1. The van der Waals surface area contributed by atoms with E-state index in [9.17, 15) is 13.2 Å². The van der Waals surface area contributed by atoms with Gasteiger partial charge in [-0.25, -0.2) is 13.9 Å². The number of carbonyl (C=O) groups is 1. The Morgan fingerprint density at radius 1 is 1.04 bits per heavy atom. The van der Waals surface area contributed by atoms with Crippen molar-refractivity contribution in [2.75, 3.05) is 4.72 Å². The Morgan fingerprint density at radius 3 is 2.50 bits per heavy atom. The van der Waals surface area contributed by atoms with Gasteiger partial charge in [0.15, 0.2) is 0 Å². The largest absolute Gasteiger partial charge is 0.288 e. The number of aromatic nitrogens is 1. The second kappa shape index (κ2) is 7.34. The van der Waals surface area contributed by atoms with Crippen molar-refractivity contribution < 1.29 is 18.4 Å². The number of carbonyl (C=O) groups excluding carboxylic acids is 1. The van der Waals surface area contributed by atoms with E-state index in [4.69, 9.17) is 5.21 Å². The van der Waals surface area contributed by atoms with Gasteiger partial charge in [0.1, 0.15) is 4.90 Å². The molecule has 1 amide bonds. The third-order valence-corrected chi connectivity index (χ3v) is 5.00.